The third kappa shape index (κ3) is 4.08. The molecule has 3 nitrogen and oxygen atoms in total. The normalized spacial score (nSPS) is 10.7. The third-order valence-electron chi connectivity index (χ3n) is 2.53. The van der Waals surface area contributed by atoms with Crippen molar-refractivity contribution in [3.63, 3.8) is 0 Å². The summed E-state index contributed by atoms with van der Waals surface area (Å²) in [5.74, 6) is 1.34. The van der Waals surface area contributed by atoms with Crippen molar-refractivity contribution < 1.29 is 13.5 Å². The SMILES string of the molecule is CCNCc1ccc(COc2ccc(Br)cc2F)o1. The van der Waals surface area contributed by atoms with E-state index in [4.69, 9.17) is 9.15 Å². The fourth-order valence-electron chi connectivity index (χ4n) is 1.58. The van der Waals surface area contributed by atoms with Gasteiger partial charge in [-0.3, -0.25) is 0 Å². The maximum atomic E-state index is 13.5. The number of hydrogen-bond acceptors (Lipinski definition) is 3. The first-order valence-corrected chi connectivity index (χ1v) is 6.84. The van der Waals surface area contributed by atoms with Crippen LogP contribution in [-0.2, 0) is 13.2 Å². The molecule has 0 spiro atoms. The standard InChI is InChI=1S/C14H15BrFNO2/c1-2-17-8-11-4-5-12(19-11)9-18-14-6-3-10(15)7-13(14)16/h3-7,17H,2,8-9H2,1H3. The van der Waals surface area contributed by atoms with Crippen molar-refractivity contribution in [2.45, 2.75) is 20.1 Å². The zero-order valence-electron chi connectivity index (χ0n) is 10.6. The summed E-state index contributed by atoms with van der Waals surface area (Å²) in [4.78, 5) is 0. The van der Waals surface area contributed by atoms with Gasteiger partial charge in [0.1, 0.15) is 18.1 Å². The van der Waals surface area contributed by atoms with Crippen molar-refractivity contribution in [3.05, 3.63) is 52.1 Å². The molecule has 1 N–H and O–H groups in total. The molecule has 0 aliphatic rings. The van der Waals surface area contributed by atoms with Crippen LogP contribution in [0.2, 0.25) is 0 Å². The van der Waals surface area contributed by atoms with Gasteiger partial charge >= 0.3 is 0 Å². The van der Waals surface area contributed by atoms with Crippen LogP contribution in [0.3, 0.4) is 0 Å². The molecule has 2 rings (SSSR count). The molecule has 1 aromatic heterocycles. The molecule has 0 saturated carbocycles. The van der Waals surface area contributed by atoms with Crippen molar-refractivity contribution in [3.8, 4) is 5.75 Å². The molecule has 2 aromatic rings. The summed E-state index contributed by atoms with van der Waals surface area (Å²) in [5, 5.41) is 3.17. The molecule has 0 radical (unpaired) electrons. The molecule has 19 heavy (non-hydrogen) atoms. The molecular weight excluding hydrogens is 313 g/mol. The zero-order valence-corrected chi connectivity index (χ0v) is 12.2. The largest absolute Gasteiger partial charge is 0.483 e. The van der Waals surface area contributed by atoms with Crippen molar-refractivity contribution in [2.24, 2.45) is 0 Å². The van der Waals surface area contributed by atoms with Gasteiger partial charge in [0.25, 0.3) is 0 Å². The van der Waals surface area contributed by atoms with Crippen LogP contribution in [0.1, 0.15) is 18.4 Å². The third-order valence-corrected chi connectivity index (χ3v) is 3.02. The predicted octanol–water partition coefficient (Wildman–Crippen LogP) is 3.87. The Bertz CT molecular complexity index is 542. The monoisotopic (exact) mass is 327 g/mol. The summed E-state index contributed by atoms with van der Waals surface area (Å²) in [6.45, 7) is 3.81. The Morgan fingerprint density at radius 1 is 1.26 bits per heavy atom. The van der Waals surface area contributed by atoms with E-state index in [2.05, 4.69) is 21.2 Å². The molecule has 0 fully saturated rings. The van der Waals surface area contributed by atoms with Crippen LogP contribution in [0.25, 0.3) is 0 Å². The molecule has 1 heterocycles. The molecule has 0 unspecified atom stereocenters. The maximum Gasteiger partial charge on any atom is 0.166 e. The highest BCUT2D eigenvalue weighted by atomic mass is 79.9. The van der Waals surface area contributed by atoms with Gasteiger partial charge in [0, 0.05) is 4.47 Å². The van der Waals surface area contributed by atoms with Crippen LogP contribution in [0, 0.1) is 5.82 Å². The van der Waals surface area contributed by atoms with E-state index in [1.54, 1.807) is 12.1 Å². The second kappa shape index (κ2) is 6.73. The number of ether oxygens (including phenoxy) is 1. The summed E-state index contributed by atoms with van der Waals surface area (Å²) >= 11 is 3.20. The summed E-state index contributed by atoms with van der Waals surface area (Å²) in [6, 6.07) is 8.41. The predicted molar refractivity (Wildman–Crippen MR) is 74.5 cm³/mol. The summed E-state index contributed by atoms with van der Waals surface area (Å²) in [7, 11) is 0. The summed E-state index contributed by atoms with van der Waals surface area (Å²) in [6.07, 6.45) is 0. The molecule has 0 atom stereocenters. The first kappa shape index (κ1) is 14.1. The van der Waals surface area contributed by atoms with Crippen LogP contribution in [0.4, 0.5) is 4.39 Å². The number of furan rings is 1. The van der Waals surface area contributed by atoms with Gasteiger partial charge in [-0.05, 0) is 36.9 Å². The van der Waals surface area contributed by atoms with E-state index in [9.17, 15) is 4.39 Å². The second-order valence-electron chi connectivity index (χ2n) is 4.01. The Balaban J connectivity index is 1.92. The molecule has 102 valence electrons. The molecule has 0 aliphatic heterocycles. The number of halogens is 2. The van der Waals surface area contributed by atoms with Gasteiger partial charge in [0.2, 0.25) is 0 Å². The van der Waals surface area contributed by atoms with Crippen LogP contribution in [0.15, 0.2) is 39.2 Å². The van der Waals surface area contributed by atoms with Gasteiger partial charge in [0.05, 0.1) is 6.54 Å². The molecule has 0 amide bonds. The Labute approximate surface area is 119 Å². The lowest BCUT2D eigenvalue weighted by Crippen LogP contribution is -2.10. The van der Waals surface area contributed by atoms with Gasteiger partial charge < -0.3 is 14.5 Å². The minimum Gasteiger partial charge on any atom is -0.483 e. The topological polar surface area (TPSA) is 34.4 Å². The van der Waals surface area contributed by atoms with Crippen LogP contribution in [-0.4, -0.2) is 6.54 Å². The van der Waals surface area contributed by atoms with Gasteiger partial charge in [-0.2, -0.15) is 0 Å². The molecule has 0 aliphatic carbocycles. The van der Waals surface area contributed by atoms with Gasteiger partial charge in [-0.1, -0.05) is 22.9 Å². The van der Waals surface area contributed by atoms with Crippen molar-refractivity contribution in [2.75, 3.05) is 6.54 Å². The zero-order chi connectivity index (χ0) is 13.7. The second-order valence-corrected chi connectivity index (χ2v) is 4.93. The van der Waals surface area contributed by atoms with E-state index in [1.807, 2.05) is 19.1 Å². The van der Waals surface area contributed by atoms with Gasteiger partial charge in [-0.25, -0.2) is 4.39 Å². The van der Waals surface area contributed by atoms with E-state index in [0.717, 1.165) is 12.3 Å². The van der Waals surface area contributed by atoms with Crippen molar-refractivity contribution in [1.29, 1.82) is 0 Å². The molecule has 0 saturated heterocycles. The minimum atomic E-state index is -0.395. The minimum absolute atomic E-state index is 0.213. The Hall–Kier alpha value is -1.33. The highest BCUT2D eigenvalue weighted by Gasteiger charge is 2.06. The Morgan fingerprint density at radius 2 is 2.05 bits per heavy atom. The first-order chi connectivity index (χ1) is 9.19. The lowest BCUT2D eigenvalue weighted by molar-refractivity contribution is 0.254. The number of benzene rings is 1. The molecule has 5 heteroatoms. The van der Waals surface area contributed by atoms with E-state index in [1.165, 1.54) is 6.07 Å². The van der Waals surface area contributed by atoms with E-state index in [0.29, 0.717) is 16.8 Å². The highest BCUT2D eigenvalue weighted by Crippen LogP contribution is 2.22. The molecule has 0 bridgehead atoms. The van der Waals surface area contributed by atoms with E-state index < -0.39 is 5.82 Å². The smallest absolute Gasteiger partial charge is 0.166 e. The lowest BCUT2D eigenvalue weighted by Gasteiger charge is -2.05. The Morgan fingerprint density at radius 3 is 2.79 bits per heavy atom. The lowest BCUT2D eigenvalue weighted by atomic mass is 10.3. The van der Waals surface area contributed by atoms with Crippen LogP contribution < -0.4 is 10.1 Å². The summed E-state index contributed by atoms with van der Waals surface area (Å²) < 4.78 is 25.2. The number of rotatable bonds is 6. The number of hydrogen-bond donors (Lipinski definition) is 1. The van der Waals surface area contributed by atoms with Gasteiger partial charge in [0.15, 0.2) is 11.6 Å². The average Bonchev–Trinajstić information content (AvgIpc) is 2.83. The summed E-state index contributed by atoms with van der Waals surface area (Å²) in [5.41, 5.74) is 0. The highest BCUT2D eigenvalue weighted by molar-refractivity contribution is 9.10. The Kier molecular flexibility index (Phi) is 4.99. The molecule has 1 aromatic carbocycles. The van der Waals surface area contributed by atoms with E-state index >= 15 is 0 Å². The quantitative estimate of drug-likeness (QED) is 0.874. The fraction of sp³-hybridized carbons (Fsp3) is 0.286. The maximum absolute atomic E-state index is 13.5. The van der Waals surface area contributed by atoms with Crippen LogP contribution in [0.5, 0.6) is 5.75 Å². The van der Waals surface area contributed by atoms with Crippen LogP contribution >= 0.6 is 15.9 Å². The van der Waals surface area contributed by atoms with Gasteiger partial charge in [-0.15, -0.1) is 0 Å². The van der Waals surface area contributed by atoms with E-state index in [-0.39, 0.29) is 12.4 Å². The molecular formula is C14H15BrFNO2. The van der Waals surface area contributed by atoms with Crippen molar-refractivity contribution in [1.82, 2.24) is 5.32 Å². The first-order valence-electron chi connectivity index (χ1n) is 6.05. The van der Waals surface area contributed by atoms with Crippen molar-refractivity contribution >= 4 is 15.9 Å². The average molecular weight is 328 g/mol. The fourth-order valence-corrected chi connectivity index (χ4v) is 1.92. The number of nitrogens with one attached hydrogen (secondary N) is 1.